The number of hydrogen-bond donors (Lipinski definition) is 0. The Bertz CT molecular complexity index is 313. The maximum absolute atomic E-state index is 5.91. The third-order valence-corrected chi connectivity index (χ3v) is 4.13. The maximum atomic E-state index is 5.91. The van der Waals surface area contributed by atoms with Crippen LogP contribution in [0, 0.1) is 12.8 Å². The molecule has 0 spiro atoms. The highest BCUT2D eigenvalue weighted by Gasteiger charge is 2.19. The lowest BCUT2D eigenvalue weighted by Crippen LogP contribution is -2.35. The molecule has 0 aromatic carbocycles. The first kappa shape index (κ1) is 11.4. The molecule has 0 amide bonds. The minimum Gasteiger partial charge on any atom is -0.297 e. The van der Waals surface area contributed by atoms with Gasteiger partial charge in [-0.05, 0) is 32.2 Å². The van der Waals surface area contributed by atoms with E-state index in [1.54, 1.807) is 11.3 Å². The summed E-state index contributed by atoms with van der Waals surface area (Å²) in [6.07, 6.45) is 2.57. The molecule has 1 fully saturated rings. The fourth-order valence-electron chi connectivity index (χ4n) is 2.13. The Hall–Kier alpha value is -0.120. The van der Waals surface area contributed by atoms with Gasteiger partial charge in [-0.25, -0.2) is 4.98 Å². The summed E-state index contributed by atoms with van der Waals surface area (Å²) >= 11 is 7.65. The lowest BCUT2D eigenvalue weighted by Gasteiger charge is -2.31. The fourth-order valence-corrected chi connectivity index (χ4v) is 2.99. The predicted octanol–water partition coefficient (Wildman–Crippen LogP) is 2.90. The summed E-state index contributed by atoms with van der Waals surface area (Å²) in [5.41, 5.74) is 1.22. The van der Waals surface area contributed by atoms with Crippen LogP contribution in [0.5, 0.6) is 0 Å². The van der Waals surface area contributed by atoms with E-state index in [1.807, 2.05) is 0 Å². The quantitative estimate of drug-likeness (QED) is 0.761. The zero-order valence-corrected chi connectivity index (χ0v) is 10.7. The van der Waals surface area contributed by atoms with Crippen LogP contribution in [0.3, 0.4) is 0 Å². The zero-order chi connectivity index (χ0) is 10.7. The van der Waals surface area contributed by atoms with Crippen molar-refractivity contribution >= 4 is 22.9 Å². The number of piperidine rings is 1. The van der Waals surface area contributed by atoms with Gasteiger partial charge in [0.1, 0.15) is 0 Å². The van der Waals surface area contributed by atoms with Crippen LogP contribution in [0.2, 0.25) is 0 Å². The van der Waals surface area contributed by atoms with Crippen LogP contribution in [0.4, 0.5) is 0 Å². The summed E-state index contributed by atoms with van der Waals surface area (Å²) in [4.78, 5) is 6.98. The number of hydrogen-bond acceptors (Lipinski definition) is 3. The smallest absolute Gasteiger partial charge is 0.0897 e. The molecule has 1 aliphatic heterocycles. The van der Waals surface area contributed by atoms with Crippen LogP contribution in [0.25, 0.3) is 0 Å². The molecule has 2 rings (SSSR count). The van der Waals surface area contributed by atoms with Gasteiger partial charge in [0, 0.05) is 24.3 Å². The first-order valence-electron chi connectivity index (χ1n) is 5.47. The van der Waals surface area contributed by atoms with Gasteiger partial charge in [-0.1, -0.05) is 0 Å². The van der Waals surface area contributed by atoms with Crippen LogP contribution in [-0.4, -0.2) is 28.9 Å². The van der Waals surface area contributed by atoms with Gasteiger partial charge in [0.2, 0.25) is 0 Å². The zero-order valence-electron chi connectivity index (χ0n) is 9.08. The molecule has 1 aliphatic rings. The standard InChI is InChI=1S/C11H17ClN2S/c1-9-13-11(8-15-9)7-14-4-2-3-10(5-12)6-14/h8,10H,2-7H2,1H3. The second-order valence-electron chi connectivity index (χ2n) is 4.26. The highest BCUT2D eigenvalue weighted by Crippen LogP contribution is 2.20. The van der Waals surface area contributed by atoms with Crippen LogP contribution in [0.15, 0.2) is 5.38 Å². The Balaban J connectivity index is 1.88. The van der Waals surface area contributed by atoms with Crippen molar-refractivity contribution in [3.63, 3.8) is 0 Å². The molecular weight excluding hydrogens is 228 g/mol. The monoisotopic (exact) mass is 244 g/mol. The third kappa shape index (κ3) is 3.16. The normalized spacial score (nSPS) is 23.2. The number of nitrogens with zero attached hydrogens (tertiary/aromatic N) is 2. The van der Waals surface area contributed by atoms with Crippen molar-refractivity contribution in [2.24, 2.45) is 5.92 Å². The molecule has 2 nitrogen and oxygen atoms in total. The molecule has 0 saturated carbocycles. The van der Waals surface area contributed by atoms with Gasteiger partial charge in [-0.15, -0.1) is 22.9 Å². The average molecular weight is 245 g/mol. The number of alkyl halides is 1. The first-order chi connectivity index (χ1) is 7.28. The molecule has 1 atom stereocenters. The Labute approximate surface area is 100 Å². The third-order valence-electron chi connectivity index (χ3n) is 2.87. The molecular formula is C11H17ClN2S. The number of aromatic nitrogens is 1. The van der Waals surface area contributed by atoms with Crippen molar-refractivity contribution in [1.82, 2.24) is 9.88 Å². The van der Waals surface area contributed by atoms with Gasteiger partial charge in [-0.3, -0.25) is 4.90 Å². The SMILES string of the molecule is Cc1nc(CN2CCCC(CCl)C2)cs1. The van der Waals surface area contributed by atoms with E-state index in [1.165, 1.54) is 25.1 Å². The molecule has 15 heavy (non-hydrogen) atoms. The molecule has 0 N–H and O–H groups in total. The molecule has 0 bridgehead atoms. The Morgan fingerprint density at radius 2 is 2.53 bits per heavy atom. The first-order valence-corrected chi connectivity index (χ1v) is 6.88. The topological polar surface area (TPSA) is 16.1 Å². The van der Waals surface area contributed by atoms with Crippen molar-refractivity contribution in [3.05, 3.63) is 16.1 Å². The molecule has 4 heteroatoms. The number of thiazole rings is 1. The van der Waals surface area contributed by atoms with Crippen molar-refractivity contribution in [1.29, 1.82) is 0 Å². The minimum absolute atomic E-state index is 0.681. The molecule has 0 aliphatic carbocycles. The summed E-state index contributed by atoms with van der Waals surface area (Å²) in [6, 6.07) is 0. The number of aryl methyl sites for hydroxylation is 1. The van der Waals surface area contributed by atoms with Crippen LogP contribution in [-0.2, 0) is 6.54 Å². The number of likely N-dealkylation sites (tertiary alicyclic amines) is 1. The summed E-state index contributed by atoms with van der Waals surface area (Å²) in [5.74, 6) is 1.48. The molecule has 1 unspecified atom stereocenters. The van der Waals surface area contributed by atoms with Crippen LogP contribution < -0.4 is 0 Å². The lowest BCUT2D eigenvalue weighted by atomic mass is 10.00. The van der Waals surface area contributed by atoms with Gasteiger partial charge in [-0.2, -0.15) is 0 Å². The second kappa shape index (κ2) is 5.28. The molecule has 1 saturated heterocycles. The summed E-state index contributed by atoms with van der Waals surface area (Å²) in [6.45, 7) is 5.40. The highest BCUT2D eigenvalue weighted by atomic mass is 35.5. The van der Waals surface area contributed by atoms with Crippen molar-refractivity contribution < 1.29 is 0 Å². The van der Waals surface area contributed by atoms with Gasteiger partial charge in [0.15, 0.2) is 0 Å². The van der Waals surface area contributed by atoms with E-state index < -0.39 is 0 Å². The predicted molar refractivity (Wildman–Crippen MR) is 65.6 cm³/mol. The van der Waals surface area contributed by atoms with Crippen molar-refractivity contribution in [3.8, 4) is 0 Å². The average Bonchev–Trinajstić information content (AvgIpc) is 2.64. The number of halogens is 1. The van der Waals surface area contributed by atoms with E-state index in [0.717, 1.165) is 24.0 Å². The van der Waals surface area contributed by atoms with E-state index in [-0.39, 0.29) is 0 Å². The van der Waals surface area contributed by atoms with E-state index >= 15 is 0 Å². The van der Waals surface area contributed by atoms with Crippen molar-refractivity contribution in [2.75, 3.05) is 19.0 Å². The molecule has 1 aromatic heterocycles. The van der Waals surface area contributed by atoms with Gasteiger partial charge >= 0.3 is 0 Å². The maximum Gasteiger partial charge on any atom is 0.0897 e. The van der Waals surface area contributed by atoms with Gasteiger partial charge < -0.3 is 0 Å². The Morgan fingerprint density at radius 1 is 1.67 bits per heavy atom. The van der Waals surface area contributed by atoms with Crippen LogP contribution in [0.1, 0.15) is 23.5 Å². The van der Waals surface area contributed by atoms with E-state index in [2.05, 4.69) is 22.2 Å². The summed E-state index contributed by atoms with van der Waals surface area (Å²) < 4.78 is 0. The summed E-state index contributed by atoms with van der Waals surface area (Å²) in [5, 5.41) is 3.33. The Kier molecular flexibility index (Phi) is 4.00. The van der Waals surface area contributed by atoms with Gasteiger partial charge in [0.05, 0.1) is 10.7 Å². The summed E-state index contributed by atoms with van der Waals surface area (Å²) in [7, 11) is 0. The van der Waals surface area contributed by atoms with E-state index in [9.17, 15) is 0 Å². The molecule has 0 radical (unpaired) electrons. The van der Waals surface area contributed by atoms with E-state index in [4.69, 9.17) is 11.6 Å². The van der Waals surface area contributed by atoms with Crippen LogP contribution >= 0.6 is 22.9 Å². The Morgan fingerprint density at radius 3 is 3.20 bits per heavy atom. The molecule has 2 heterocycles. The van der Waals surface area contributed by atoms with Gasteiger partial charge in [0.25, 0.3) is 0 Å². The minimum atomic E-state index is 0.681. The fraction of sp³-hybridized carbons (Fsp3) is 0.727. The number of rotatable bonds is 3. The molecule has 84 valence electrons. The largest absolute Gasteiger partial charge is 0.297 e. The highest BCUT2D eigenvalue weighted by molar-refractivity contribution is 7.09. The second-order valence-corrected chi connectivity index (χ2v) is 5.63. The lowest BCUT2D eigenvalue weighted by molar-refractivity contribution is 0.176. The molecule has 1 aromatic rings. The van der Waals surface area contributed by atoms with E-state index in [0.29, 0.717) is 5.92 Å². The van der Waals surface area contributed by atoms with Crippen molar-refractivity contribution in [2.45, 2.75) is 26.3 Å².